The van der Waals surface area contributed by atoms with Gasteiger partial charge in [-0.25, -0.2) is 0 Å². The fourth-order valence-corrected chi connectivity index (χ4v) is 2.93. The summed E-state index contributed by atoms with van der Waals surface area (Å²) < 4.78 is 6.87. The molecule has 1 amide bonds. The summed E-state index contributed by atoms with van der Waals surface area (Å²) in [6, 6.07) is 21.4. The molecule has 1 N–H and O–H groups in total. The van der Waals surface area contributed by atoms with Gasteiger partial charge in [0.2, 0.25) is 0 Å². The van der Waals surface area contributed by atoms with Crippen molar-refractivity contribution in [2.75, 3.05) is 5.32 Å². The highest BCUT2D eigenvalue weighted by Crippen LogP contribution is 2.27. The maximum absolute atomic E-state index is 12.6. The fraction of sp³-hybridized carbons (Fsp3) is 0.150. The fourth-order valence-electron chi connectivity index (χ4n) is 2.55. The first-order valence-corrected chi connectivity index (χ1v) is 8.68. The van der Waals surface area contributed by atoms with E-state index in [1.807, 2.05) is 73.7 Å². The Balaban J connectivity index is 1.81. The number of carbonyl (C=O) groups excluding carboxylic acids is 1. The Morgan fingerprint density at radius 3 is 2.54 bits per heavy atom. The average Bonchev–Trinajstić information content (AvgIpc) is 2.61. The number of ether oxygens (including phenoxy) is 1. The van der Waals surface area contributed by atoms with Crippen LogP contribution in [0.15, 0.2) is 71.2 Å². The second-order valence-corrected chi connectivity index (χ2v) is 6.32. The lowest BCUT2D eigenvalue weighted by atomic mass is 10.1. The Morgan fingerprint density at radius 1 is 1.04 bits per heavy atom. The summed E-state index contributed by atoms with van der Waals surface area (Å²) in [5, 5.41) is 5.02. The highest BCUT2D eigenvalue weighted by Gasteiger charge is 2.20. The van der Waals surface area contributed by atoms with Crippen LogP contribution in [0.1, 0.15) is 13.3 Å². The summed E-state index contributed by atoms with van der Waals surface area (Å²) >= 11 is 3.44. The highest BCUT2D eigenvalue weighted by molar-refractivity contribution is 9.10. The second kappa shape index (κ2) is 7.49. The van der Waals surface area contributed by atoms with Crippen molar-refractivity contribution >= 4 is 38.3 Å². The number of benzene rings is 3. The monoisotopic (exact) mass is 383 g/mol. The van der Waals surface area contributed by atoms with E-state index in [1.54, 1.807) is 0 Å². The van der Waals surface area contributed by atoms with E-state index < -0.39 is 6.10 Å². The van der Waals surface area contributed by atoms with Gasteiger partial charge in [0.15, 0.2) is 6.10 Å². The lowest BCUT2D eigenvalue weighted by Crippen LogP contribution is -2.32. The molecule has 0 aromatic heterocycles. The molecule has 0 radical (unpaired) electrons. The van der Waals surface area contributed by atoms with Crippen LogP contribution >= 0.6 is 15.9 Å². The molecule has 0 saturated heterocycles. The van der Waals surface area contributed by atoms with Crippen LogP contribution in [0, 0.1) is 0 Å². The van der Waals surface area contributed by atoms with E-state index in [2.05, 4.69) is 21.2 Å². The van der Waals surface area contributed by atoms with Crippen LogP contribution in [-0.4, -0.2) is 12.0 Å². The molecule has 0 fully saturated rings. The van der Waals surface area contributed by atoms with Gasteiger partial charge in [-0.15, -0.1) is 0 Å². The predicted octanol–water partition coefficient (Wildman–Crippen LogP) is 5.40. The van der Waals surface area contributed by atoms with E-state index in [0.29, 0.717) is 6.42 Å². The third-order valence-electron chi connectivity index (χ3n) is 3.81. The maximum atomic E-state index is 12.6. The minimum Gasteiger partial charge on any atom is -0.480 e. The van der Waals surface area contributed by atoms with E-state index >= 15 is 0 Å². The van der Waals surface area contributed by atoms with E-state index in [9.17, 15) is 4.79 Å². The van der Waals surface area contributed by atoms with Gasteiger partial charge < -0.3 is 10.1 Å². The molecule has 3 nitrogen and oxygen atoms in total. The summed E-state index contributed by atoms with van der Waals surface area (Å²) in [6.07, 6.45) is 0.0300. The SMILES string of the molecule is CCC(Oc1cccc2ccccc12)C(=O)Nc1ccccc1Br. The molecule has 4 heteroatoms. The number of fused-ring (bicyclic) bond motifs is 1. The Bertz CT molecular complexity index is 858. The van der Waals surface area contributed by atoms with Crippen LogP contribution in [0.4, 0.5) is 5.69 Å². The number of nitrogens with one attached hydrogen (secondary N) is 1. The van der Waals surface area contributed by atoms with Crippen molar-refractivity contribution in [1.82, 2.24) is 0 Å². The molecule has 122 valence electrons. The number of carbonyl (C=O) groups is 1. The van der Waals surface area contributed by atoms with Crippen molar-refractivity contribution in [1.29, 1.82) is 0 Å². The van der Waals surface area contributed by atoms with Crippen molar-refractivity contribution in [3.63, 3.8) is 0 Å². The number of hydrogen-bond donors (Lipinski definition) is 1. The van der Waals surface area contributed by atoms with Gasteiger partial charge in [-0.05, 0) is 45.9 Å². The Kier molecular flexibility index (Phi) is 5.16. The summed E-state index contributed by atoms with van der Waals surface area (Å²) in [4.78, 5) is 12.6. The van der Waals surface area contributed by atoms with E-state index in [-0.39, 0.29) is 5.91 Å². The molecule has 0 saturated carbocycles. The summed E-state index contributed by atoms with van der Waals surface area (Å²) in [6.45, 7) is 1.94. The number of anilines is 1. The van der Waals surface area contributed by atoms with Crippen LogP contribution < -0.4 is 10.1 Å². The van der Waals surface area contributed by atoms with Crippen LogP contribution in [0.2, 0.25) is 0 Å². The topological polar surface area (TPSA) is 38.3 Å². The molecule has 3 rings (SSSR count). The minimum absolute atomic E-state index is 0.155. The van der Waals surface area contributed by atoms with Gasteiger partial charge in [-0.2, -0.15) is 0 Å². The van der Waals surface area contributed by atoms with Gasteiger partial charge in [0.05, 0.1) is 5.69 Å². The number of rotatable bonds is 5. The molecule has 0 bridgehead atoms. The molecule has 3 aromatic rings. The predicted molar refractivity (Wildman–Crippen MR) is 101 cm³/mol. The van der Waals surface area contributed by atoms with Crippen LogP contribution in [0.3, 0.4) is 0 Å². The summed E-state index contributed by atoms with van der Waals surface area (Å²) in [5.74, 6) is 0.569. The third-order valence-corrected chi connectivity index (χ3v) is 4.51. The maximum Gasteiger partial charge on any atom is 0.265 e. The van der Waals surface area contributed by atoms with Crippen LogP contribution in [-0.2, 0) is 4.79 Å². The van der Waals surface area contributed by atoms with E-state index in [0.717, 1.165) is 26.7 Å². The van der Waals surface area contributed by atoms with Gasteiger partial charge in [0.25, 0.3) is 5.91 Å². The van der Waals surface area contributed by atoms with Crippen molar-refractivity contribution in [3.8, 4) is 5.75 Å². The second-order valence-electron chi connectivity index (χ2n) is 5.46. The lowest BCUT2D eigenvalue weighted by Gasteiger charge is -2.19. The van der Waals surface area contributed by atoms with Crippen molar-refractivity contribution in [2.24, 2.45) is 0 Å². The molecule has 1 unspecified atom stereocenters. The smallest absolute Gasteiger partial charge is 0.265 e. The van der Waals surface area contributed by atoms with Gasteiger partial charge >= 0.3 is 0 Å². The molecule has 0 heterocycles. The van der Waals surface area contributed by atoms with E-state index in [1.165, 1.54) is 0 Å². The Hall–Kier alpha value is -2.33. The number of para-hydroxylation sites is 1. The quantitative estimate of drug-likeness (QED) is 0.640. The zero-order valence-corrected chi connectivity index (χ0v) is 14.9. The van der Waals surface area contributed by atoms with Crippen LogP contribution in [0.5, 0.6) is 5.75 Å². The standard InChI is InChI=1S/C20H18BrNO2/c1-2-18(20(23)22-17-12-6-5-11-16(17)21)24-19-13-7-9-14-8-3-4-10-15(14)19/h3-13,18H,2H2,1H3,(H,22,23). The zero-order chi connectivity index (χ0) is 16.9. The number of amides is 1. The molecule has 0 spiro atoms. The first-order chi connectivity index (χ1) is 11.7. The normalized spacial score (nSPS) is 11.9. The number of halogens is 1. The minimum atomic E-state index is -0.553. The van der Waals surface area contributed by atoms with Gasteiger partial charge in [0, 0.05) is 9.86 Å². The number of hydrogen-bond acceptors (Lipinski definition) is 2. The molecular weight excluding hydrogens is 366 g/mol. The molecule has 24 heavy (non-hydrogen) atoms. The summed E-state index contributed by atoms with van der Waals surface area (Å²) in [5.41, 5.74) is 0.738. The van der Waals surface area contributed by atoms with Crippen LogP contribution in [0.25, 0.3) is 10.8 Å². The van der Waals surface area contributed by atoms with Crippen molar-refractivity contribution in [2.45, 2.75) is 19.4 Å². The van der Waals surface area contributed by atoms with E-state index in [4.69, 9.17) is 4.74 Å². The lowest BCUT2D eigenvalue weighted by molar-refractivity contribution is -0.122. The Morgan fingerprint density at radius 2 is 1.75 bits per heavy atom. The Labute approximate surface area is 149 Å². The molecule has 1 atom stereocenters. The largest absolute Gasteiger partial charge is 0.480 e. The molecule has 0 aliphatic carbocycles. The molecule has 3 aromatic carbocycles. The molecular formula is C20H18BrNO2. The molecule has 0 aliphatic heterocycles. The van der Waals surface area contributed by atoms with Crippen molar-refractivity contribution < 1.29 is 9.53 Å². The van der Waals surface area contributed by atoms with Gasteiger partial charge in [0.1, 0.15) is 5.75 Å². The summed E-state index contributed by atoms with van der Waals surface area (Å²) in [7, 11) is 0. The van der Waals surface area contributed by atoms with Crippen molar-refractivity contribution in [3.05, 3.63) is 71.2 Å². The highest BCUT2D eigenvalue weighted by atomic mass is 79.9. The average molecular weight is 384 g/mol. The van der Waals surface area contributed by atoms with Gasteiger partial charge in [-0.3, -0.25) is 4.79 Å². The van der Waals surface area contributed by atoms with Gasteiger partial charge in [-0.1, -0.05) is 55.5 Å². The first-order valence-electron chi connectivity index (χ1n) is 7.89. The first kappa shape index (κ1) is 16.5. The zero-order valence-electron chi connectivity index (χ0n) is 13.3. The third kappa shape index (κ3) is 3.60. The molecule has 0 aliphatic rings.